The summed E-state index contributed by atoms with van der Waals surface area (Å²) < 4.78 is 5.71. The first-order chi connectivity index (χ1) is 8.31. The second-order valence-electron chi connectivity index (χ2n) is 3.64. The average molecular weight is 312 g/mol. The zero-order chi connectivity index (χ0) is 12.1. The molecule has 1 nitrogen and oxygen atoms in total. The summed E-state index contributed by atoms with van der Waals surface area (Å²) in [7, 11) is 0. The van der Waals surface area contributed by atoms with Crippen LogP contribution in [-0.2, 0) is 11.9 Å². The SMILES string of the molecule is Clc1c(CBr)cccc1OCc1ccccc1. The zero-order valence-corrected chi connectivity index (χ0v) is 11.5. The van der Waals surface area contributed by atoms with Crippen LogP contribution in [0.4, 0.5) is 0 Å². The van der Waals surface area contributed by atoms with E-state index in [1.165, 1.54) is 0 Å². The molecule has 0 radical (unpaired) electrons. The minimum atomic E-state index is 0.534. The maximum Gasteiger partial charge on any atom is 0.138 e. The van der Waals surface area contributed by atoms with E-state index in [-0.39, 0.29) is 0 Å². The van der Waals surface area contributed by atoms with Gasteiger partial charge in [-0.25, -0.2) is 0 Å². The van der Waals surface area contributed by atoms with Crippen LogP contribution in [0.1, 0.15) is 11.1 Å². The molecule has 0 heterocycles. The third-order valence-corrected chi connectivity index (χ3v) is 3.46. The minimum Gasteiger partial charge on any atom is -0.487 e. The second kappa shape index (κ2) is 6.08. The first-order valence-corrected chi connectivity index (χ1v) is 6.81. The molecule has 0 atom stereocenters. The van der Waals surface area contributed by atoms with Crippen molar-refractivity contribution in [3.05, 3.63) is 64.7 Å². The molecule has 17 heavy (non-hydrogen) atoms. The molecule has 88 valence electrons. The van der Waals surface area contributed by atoms with Crippen LogP contribution < -0.4 is 4.74 Å². The van der Waals surface area contributed by atoms with E-state index in [4.69, 9.17) is 16.3 Å². The highest BCUT2D eigenvalue weighted by Crippen LogP contribution is 2.29. The number of alkyl halides is 1. The molecule has 0 amide bonds. The largest absolute Gasteiger partial charge is 0.487 e. The molecule has 0 fully saturated rings. The first-order valence-electron chi connectivity index (χ1n) is 5.31. The molecular formula is C14H12BrClO. The van der Waals surface area contributed by atoms with E-state index in [1.54, 1.807) is 0 Å². The summed E-state index contributed by atoms with van der Waals surface area (Å²) in [4.78, 5) is 0. The number of ether oxygens (including phenoxy) is 1. The molecule has 0 aliphatic carbocycles. The van der Waals surface area contributed by atoms with Crippen molar-refractivity contribution in [1.29, 1.82) is 0 Å². The third kappa shape index (κ3) is 3.24. The molecule has 0 saturated carbocycles. The van der Waals surface area contributed by atoms with Crippen LogP contribution >= 0.6 is 27.5 Å². The van der Waals surface area contributed by atoms with E-state index in [9.17, 15) is 0 Å². The molecule has 0 aliphatic rings. The van der Waals surface area contributed by atoms with Gasteiger partial charge in [-0.15, -0.1) is 0 Å². The van der Waals surface area contributed by atoms with Crippen LogP contribution in [0.25, 0.3) is 0 Å². The fourth-order valence-corrected chi connectivity index (χ4v) is 2.38. The fraction of sp³-hybridized carbons (Fsp3) is 0.143. The average Bonchev–Trinajstić information content (AvgIpc) is 2.39. The molecule has 2 aromatic rings. The Hall–Kier alpha value is -0.990. The van der Waals surface area contributed by atoms with Crippen LogP contribution in [-0.4, -0.2) is 0 Å². The highest BCUT2D eigenvalue weighted by Gasteiger charge is 2.06. The molecule has 0 bridgehead atoms. The quantitative estimate of drug-likeness (QED) is 0.736. The van der Waals surface area contributed by atoms with Crippen molar-refractivity contribution in [3.8, 4) is 5.75 Å². The number of hydrogen-bond donors (Lipinski definition) is 0. The summed E-state index contributed by atoms with van der Waals surface area (Å²) in [5.74, 6) is 0.729. The summed E-state index contributed by atoms with van der Waals surface area (Å²) in [5, 5.41) is 1.41. The van der Waals surface area contributed by atoms with Gasteiger partial charge in [-0.3, -0.25) is 0 Å². The van der Waals surface area contributed by atoms with Crippen molar-refractivity contribution in [3.63, 3.8) is 0 Å². The van der Waals surface area contributed by atoms with Crippen molar-refractivity contribution in [2.24, 2.45) is 0 Å². The van der Waals surface area contributed by atoms with Crippen molar-refractivity contribution in [2.75, 3.05) is 0 Å². The lowest BCUT2D eigenvalue weighted by molar-refractivity contribution is 0.306. The Morgan fingerprint density at radius 1 is 1.00 bits per heavy atom. The lowest BCUT2D eigenvalue weighted by Crippen LogP contribution is -1.96. The number of benzene rings is 2. The molecule has 0 aliphatic heterocycles. The Morgan fingerprint density at radius 2 is 1.76 bits per heavy atom. The van der Waals surface area contributed by atoms with Gasteiger partial charge in [0.15, 0.2) is 0 Å². The molecule has 0 spiro atoms. The Balaban J connectivity index is 2.09. The van der Waals surface area contributed by atoms with Gasteiger partial charge in [-0.2, -0.15) is 0 Å². The Bertz CT molecular complexity index is 485. The predicted molar refractivity (Wildman–Crippen MR) is 74.9 cm³/mol. The van der Waals surface area contributed by atoms with E-state index in [1.807, 2.05) is 48.5 Å². The van der Waals surface area contributed by atoms with Gasteiger partial charge >= 0.3 is 0 Å². The van der Waals surface area contributed by atoms with Crippen LogP contribution in [0, 0.1) is 0 Å². The molecule has 2 rings (SSSR count). The van der Waals surface area contributed by atoms with E-state index in [0.717, 1.165) is 22.2 Å². The second-order valence-corrected chi connectivity index (χ2v) is 4.58. The van der Waals surface area contributed by atoms with Gasteiger partial charge in [-0.05, 0) is 17.2 Å². The first kappa shape index (κ1) is 12.5. The van der Waals surface area contributed by atoms with Crippen molar-refractivity contribution >= 4 is 27.5 Å². The summed E-state index contributed by atoms with van der Waals surface area (Å²) >= 11 is 9.62. The molecular weight excluding hydrogens is 300 g/mol. The Kier molecular flexibility index (Phi) is 4.46. The Labute approximate surface area is 115 Å². The normalized spacial score (nSPS) is 10.2. The maximum absolute atomic E-state index is 6.22. The maximum atomic E-state index is 6.22. The van der Waals surface area contributed by atoms with Crippen LogP contribution in [0.15, 0.2) is 48.5 Å². The standard InChI is InChI=1S/C14H12BrClO/c15-9-12-7-4-8-13(14(12)16)17-10-11-5-2-1-3-6-11/h1-8H,9-10H2. The molecule has 0 N–H and O–H groups in total. The van der Waals surface area contributed by atoms with Gasteiger partial charge in [0, 0.05) is 5.33 Å². The van der Waals surface area contributed by atoms with E-state index >= 15 is 0 Å². The van der Waals surface area contributed by atoms with Crippen molar-refractivity contribution in [2.45, 2.75) is 11.9 Å². The van der Waals surface area contributed by atoms with Crippen LogP contribution in [0.2, 0.25) is 5.02 Å². The smallest absolute Gasteiger partial charge is 0.138 e. The summed E-state index contributed by atoms with van der Waals surface area (Å²) in [6.07, 6.45) is 0. The van der Waals surface area contributed by atoms with Gasteiger partial charge in [0.05, 0.1) is 5.02 Å². The summed E-state index contributed by atoms with van der Waals surface area (Å²) in [6, 6.07) is 15.9. The molecule has 0 saturated heterocycles. The lowest BCUT2D eigenvalue weighted by atomic mass is 10.2. The molecule has 3 heteroatoms. The summed E-state index contributed by atoms with van der Waals surface area (Å²) in [5.41, 5.74) is 2.17. The predicted octanol–water partition coefficient (Wildman–Crippen LogP) is 4.81. The minimum absolute atomic E-state index is 0.534. The van der Waals surface area contributed by atoms with E-state index in [0.29, 0.717) is 11.6 Å². The van der Waals surface area contributed by atoms with Crippen molar-refractivity contribution in [1.82, 2.24) is 0 Å². The monoisotopic (exact) mass is 310 g/mol. The third-order valence-electron chi connectivity index (χ3n) is 2.42. The molecule has 2 aromatic carbocycles. The van der Waals surface area contributed by atoms with Gasteiger partial charge in [-0.1, -0.05) is 70.0 Å². The highest BCUT2D eigenvalue weighted by atomic mass is 79.9. The zero-order valence-electron chi connectivity index (χ0n) is 9.20. The summed E-state index contributed by atoms with van der Waals surface area (Å²) in [6.45, 7) is 0.534. The van der Waals surface area contributed by atoms with E-state index in [2.05, 4.69) is 15.9 Å². The van der Waals surface area contributed by atoms with Gasteiger partial charge in [0.25, 0.3) is 0 Å². The fourth-order valence-electron chi connectivity index (χ4n) is 1.51. The van der Waals surface area contributed by atoms with Gasteiger partial charge in [0.1, 0.15) is 12.4 Å². The van der Waals surface area contributed by atoms with E-state index < -0.39 is 0 Å². The van der Waals surface area contributed by atoms with Gasteiger partial charge in [0.2, 0.25) is 0 Å². The number of rotatable bonds is 4. The van der Waals surface area contributed by atoms with Crippen molar-refractivity contribution < 1.29 is 4.74 Å². The Morgan fingerprint density at radius 3 is 2.47 bits per heavy atom. The molecule has 0 aromatic heterocycles. The van der Waals surface area contributed by atoms with Crippen LogP contribution in [0.3, 0.4) is 0 Å². The van der Waals surface area contributed by atoms with Crippen LogP contribution in [0.5, 0.6) is 5.75 Å². The number of halogens is 2. The number of hydrogen-bond acceptors (Lipinski definition) is 1. The highest BCUT2D eigenvalue weighted by molar-refractivity contribution is 9.08. The molecule has 0 unspecified atom stereocenters. The lowest BCUT2D eigenvalue weighted by Gasteiger charge is -2.10. The topological polar surface area (TPSA) is 9.23 Å². The van der Waals surface area contributed by atoms with Gasteiger partial charge < -0.3 is 4.74 Å².